The van der Waals surface area contributed by atoms with Crippen LogP contribution in [0.15, 0.2) is 47.0 Å². The minimum atomic E-state index is -0.440. The quantitative estimate of drug-likeness (QED) is 0.580. The van der Waals surface area contributed by atoms with Crippen LogP contribution in [0.3, 0.4) is 0 Å². The summed E-state index contributed by atoms with van der Waals surface area (Å²) in [6.07, 6.45) is 0.0633. The summed E-state index contributed by atoms with van der Waals surface area (Å²) in [6.45, 7) is -0.114. The fourth-order valence-electron chi connectivity index (χ4n) is 2.20. The lowest BCUT2D eigenvalue weighted by atomic mass is 10.1. The van der Waals surface area contributed by atoms with Crippen LogP contribution in [-0.2, 0) is 22.6 Å². The average molecular weight is 393 g/mol. The molecule has 0 unspecified atom stereocenters. The number of aromatic nitrogens is 2. The van der Waals surface area contributed by atoms with Crippen LogP contribution in [0, 0.1) is 0 Å². The van der Waals surface area contributed by atoms with Gasteiger partial charge in [0.25, 0.3) is 5.89 Å². The number of esters is 1. The Bertz CT molecular complexity index is 927. The largest absolute Gasteiger partial charge is 0.497 e. The van der Waals surface area contributed by atoms with Crippen molar-refractivity contribution in [3.8, 4) is 17.1 Å². The number of hydrogen-bond acceptors (Lipinski definition) is 6. The fraction of sp³-hybridized carbons (Fsp3) is 0.167. The summed E-state index contributed by atoms with van der Waals surface area (Å²) in [6, 6.07) is 12.2. The van der Waals surface area contributed by atoms with E-state index in [1.54, 1.807) is 31.4 Å². The Morgan fingerprint density at radius 1 is 1.15 bits per heavy atom. The predicted octanol–water partition coefficient (Wildman–Crippen LogP) is 4.34. The highest BCUT2D eigenvalue weighted by atomic mass is 35.5. The number of nitrogens with zero attached hydrogens (tertiary/aromatic N) is 2. The molecule has 8 heteroatoms. The van der Waals surface area contributed by atoms with E-state index >= 15 is 0 Å². The third-order valence-electron chi connectivity index (χ3n) is 3.49. The first-order chi connectivity index (χ1) is 12.5. The van der Waals surface area contributed by atoms with Crippen molar-refractivity contribution >= 4 is 29.2 Å². The Hall–Kier alpha value is -2.57. The molecule has 0 fully saturated rings. The molecule has 0 saturated carbocycles. The van der Waals surface area contributed by atoms with Gasteiger partial charge in [0.15, 0.2) is 6.61 Å². The highest BCUT2D eigenvalue weighted by molar-refractivity contribution is 6.42. The van der Waals surface area contributed by atoms with Crippen LogP contribution >= 0.6 is 23.2 Å². The lowest BCUT2D eigenvalue weighted by Gasteiger charge is -2.03. The Labute approximate surface area is 159 Å². The predicted molar refractivity (Wildman–Crippen MR) is 96.2 cm³/mol. The molecule has 0 N–H and O–H groups in total. The van der Waals surface area contributed by atoms with Gasteiger partial charge in [0, 0.05) is 5.56 Å². The third kappa shape index (κ3) is 4.53. The van der Waals surface area contributed by atoms with Crippen LogP contribution in [0.4, 0.5) is 0 Å². The van der Waals surface area contributed by atoms with Gasteiger partial charge in [-0.05, 0) is 29.8 Å². The van der Waals surface area contributed by atoms with E-state index in [9.17, 15) is 4.79 Å². The number of rotatable bonds is 6. The summed E-state index contributed by atoms with van der Waals surface area (Å²) in [4.78, 5) is 16.1. The van der Waals surface area contributed by atoms with Crippen molar-refractivity contribution in [2.75, 3.05) is 7.11 Å². The molecule has 1 aromatic heterocycles. The molecule has 134 valence electrons. The lowest BCUT2D eigenvalue weighted by Crippen LogP contribution is -2.08. The summed E-state index contributed by atoms with van der Waals surface area (Å²) in [5.74, 6) is 0.830. The first-order valence-electron chi connectivity index (χ1n) is 7.61. The van der Waals surface area contributed by atoms with E-state index in [0.717, 1.165) is 5.56 Å². The van der Waals surface area contributed by atoms with Crippen molar-refractivity contribution in [1.82, 2.24) is 10.1 Å². The number of carbonyl (C=O) groups is 1. The van der Waals surface area contributed by atoms with E-state index in [1.807, 2.05) is 18.2 Å². The molecule has 6 nitrogen and oxygen atoms in total. The molecule has 2 aromatic carbocycles. The van der Waals surface area contributed by atoms with Gasteiger partial charge in [-0.2, -0.15) is 4.98 Å². The summed E-state index contributed by atoms with van der Waals surface area (Å²) in [7, 11) is 1.58. The molecule has 0 radical (unpaired) electrons. The zero-order chi connectivity index (χ0) is 18.5. The summed E-state index contributed by atoms with van der Waals surface area (Å²) < 4.78 is 15.4. The SMILES string of the molecule is COc1cccc(-c2noc(COC(=O)Cc3ccc(Cl)c(Cl)c3)n2)c1. The smallest absolute Gasteiger partial charge is 0.310 e. The van der Waals surface area contributed by atoms with Gasteiger partial charge >= 0.3 is 5.97 Å². The van der Waals surface area contributed by atoms with E-state index in [-0.39, 0.29) is 18.9 Å². The van der Waals surface area contributed by atoms with Crippen molar-refractivity contribution in [2.45, 2.75) is 13.0 Å². The zero-order valence-electron chi connectivity index (χ0n) is 13.7. The van der Waals surface area contributed by atoms with Crippen molar-refractivity contribution in [3.05, 3.63) is 64.0 Å². The van der Waals surface area contributed by atoms with E-state index < -0.39 is 5.97 Å². The maximum atomic E-state index is 11.9. The topological polar surface area (TPSA) is 74.5 Å². The van der Waals surface area contributed by atoms with E-state index in [0.29, 0.717) is 27.2 Å². The molecule has 0 amide bonds. The number of halogens is 2. The van der Waals surface area contributed by atoms with Gasteiger partial charge in [0.2, 0.25) is 5.82 Å². The first-order valence-corrected chi connectivity index (χ1v) is 8.37. The standard InChI is InChI=1S/C18H14Cl2N2O4/c1-24-13-4-2-3-12(9-13)18-21-16(26-22-18)10-25-17(23)8-11-5-6-14(19)15(20)7-11/h2-7,9H,8,10H2,1H3. The second kappa shape index (κ2) is 8.21. The summed E-state index contributed by atoms with van der Waals surface area (Å²) >= 11 is 11.8. The van der Waals surface area contributed by atoms with Gasteiger partial charge in [-0.1, -0.05) is 46.6 Å². The van der Waals surface area contributed by atoms with Gasteiger partial charge in [-0.3, -0.25) is 4.79 Å². The van der Waals surface area contributed by atoms with E-state index in [1.165, 1.54) is 0 Å². The fourth-order valence-corrected chi connectivity index (χ4v) is 2.52. The minimum Gasteiger partial charge on any atom is -0.497 e. The molecular weight excluding hydrogens is 379 g/mol. The van der Waals surface area contributed by atoms with Crippen molar-refractivity contribution in [1.29, 1.82) is 0 Å². The Morgan fingerprint density at radius 2 is 2.00 bits per heavy atom. The van der Waals surface area contributed by atoms with Crippen molar-refractivity contribution < 1.29 is 18.8 Å². The lowest BCUT2D eigenvalue weighted by molar-refractivity contribution is -0.144. The molecule has 0 spiro atoms. The molecule has 0 aliphatic carbocycles. The minimum absolute atomic E-state index is 0.0633. The molecule has 1 heterocycles. The normalized spacial score (nSPS) is 10.6. The number of ether oxygens (including phenoxy) is 2. The van der Waals surface area contributed by atoms with Crippen molar-refractivity contribution in [2.24, 2.45) is 0 Å². The van der Waals surface area contributed by atoms with Gasteiger partial charge in [-0.25, -0.2) is 0 Å². The number of carbonyl (C=O) groups excluding carboxylic acids is 1. The molecule has 3 aromatic rings. The monoisotopic (exact) mass is 392 g/mol. The van der Waals surface area contributed by atoms with Crippen LogP contribution < -0.4 is 4.74 Å². The molecule has 0 bridgehead atoms. The van der Waals surface area contributed by atoms with Gasteiger partial charge in [0.05, 0.1) is 23.6 Å². The third-order valence-corrected chi connectivity index (χ3v) is 4.22. The molecule has 3 rings (SSSR count). The van der Waals surface area contributed by atoms with Crippen LogP contribution in [0.5, 0.6) is 5.75 Å². The maximum absolute atomic E-state index is 11.9. The van der Waals surface area contributed by atoms with Crippen molar-refractivity contribution in [3.63, 3.8) is 0 Å². The zero-order valence-corrected chi connectivity index (χ0v) is 15.3. The first kappa shape index (κ1) is 18.2. The number of hydrogen-bond donors (Lipinski definition) is 0. The number of benzene rings is 2. The second-order valence-electron chi connectivity index (χ2n) is 5.33. The molecule has 26 heavy (non-hydrogen) atoms. The Morgan fingerprint density at radius 3 is 2.77 bits per heavy atom. The van der Waals surface area contributed by atoms with E-state index in [2.05, 4.69) is 10.1 Å². The van der Waals surface area contributed by atoms with Gasteiger partial charge < -0.3 is 14.0 Å². The Kier molecular flexibility index (Phi) is 5.75. The highest BCUT2D eigenvalue weighted by Gasteiger charge is 2.12. The molecule has 0 atom stereocenters. The molecule has 0 saturated heterocycles. The van der Waals surface area contributed by atoms with Crippen LogP contribution in [-0.4, -0.2) is 23.2 Å². The molecular formula is C18H14Cl2N2O4. The van der Waals surface area contributed by atoms with Crippen LogP contribution in [0.1, 0.15) is 11.5 Å². The average Bonchev–Trinajstić information content (AvgIpc) is 3.12. The highest BCUT2D eigenvalue weighted by Crippen LogP contribution is 2.23. The van der Waals surface area contributed by atoms with Crippen LogP contribution in [0.25, 0.3) is 11.4 Å². The summed E-state index contributed by atoms with van der Waals surface area (Å²) in [5, 5.41) is 4.70. The Balaban J connectivity index is 1.58. The molecule has 0 aliphatic rings. The van der Waals surface area contributed by atoms with Crippen LogP contribution in [0.2, 0.25) is 10.0 Å². The number of methoxy groups -OCH3 is 1. The van der Waals surface area contributed by atoms with E-state index in [4.69, 9.17) is 37.2 Å². The second-order valence-corrected chi connectivity index (χ2v) is 6.14. The summed E-state index contributed by atoms with van der Waals surface area (Å²) in [5.41, 5.74) is 1.44. The molecule has 0 aliphatic heterocycles. The van der Waals surface area contributed by atoms with Gasteiger partial charge in [-0.15, -0.1) is 0 Å². The maximum Gasteiger partial charge on any atom is 0.310 e. The van der Waals surface area contributed by atoms with Gasteiger partial charge in [0.1, 0.15) is 5.75 Å².